The van der Waals surface area contributed by atoms with Crippen LogP contribution in [-0.4, -0.2) is 13.5 Å². The summed E-state index contributed by atoms with van der Waals surface area (Å²) in [6.45, 7) is 0. The Bertz CT molecular complexity index is 760. The Balaban J connectivity index is 2.43. The number of thiophene rings is 1. The van der Waals surface area contributed by atoms with Crippen molar-refractivity contribution in [2.45, 2.75) is 4.21 Å². The summed E-state index contributed by atoms with van der Waals surface area (Å²) in [5, 5.41) is 9.57. The van der Waals surface area contributed by atoms with E-state index < -0.39 is 21.6 Å². The van der Waals surface area contributed by atoms with Crippen molar-refractivity contribution < 1.29 is 17.9 Å². The molecule has 4 nitrogen and oxygen atoms in total. The first-order valence-electron chi connectivity index (χ1n) is 4.86. The summed E-state index contributed by atoms with van der Waals surface area (Å²) < 4.78 is 39.8. The molecule has 1 aromatic carbocycles. The molecule has 20 heavy (non-hydrogen) atoms. The molecule has 2 rings (SSSR count). The van der Waals surface area contributed by atoms with Crippen LogP contribution < -0.4 is 4.72 Å². The highest BCUT2D eigenvalue weighted by Gasteiger charge is 2.21. The Morgan fingerprint density at radius 1 is 1.25 bits per heavy atom. The summed E-state index contributed by atoms with van der Waals surface area (Å²) in [6.07, 6.45) is 0. The Kier molecular flexibility index (Phi) is 4.50. The van der Waals surface area contributed by atoms with E-state index in [9.17, 15) is 17.9 Å². The van der Waals surface area contributed by atoms with Crippen molar-refractivity contribution in [1.82, 2.24) is 0 Å². The third kappa shape index (κ3) is 3.20. The summed E-state index contributed by atoms with van der Waals surface area (Å²) in [5.74, 6) is -1.34. The SMILES string of the molecule is O=S(=O)(Nc1cc(F)cc(Cl)c1O)c1cc(Cl)c(Br)s1. The molecule has 10 heteroatoms. The molecule has 0 saturated heterocycles. The first-order chi connectivity index (χ1) is 9.20. The fraction of sp³-hybridized carbons (Fsp3) is 0. The van der Waals surface area contributed by atoms with Gasteiger partial charge in [0.15, 0.2) is 5.75 Å². The van der Waals surface area contributed by atoms with Crippen molar-refractivity contribution in [3.8, 4) is 5.75 Å². The van der Waals surface area contributed by atoms with Gasteiger partial charge in [0.25, 0.3) is 10.0 Å². The molecule has 0 fully saturated rings. The van der Waals surface area contributed by atoms with Gasteiger partial charge < -0.3 is 5.11 Å². The molecule has 0 amide bonds. The van der Waals surface area contributed by atoms with Crippen LogP contribution in [0, 0.1) is 5.82 Å². The fourth-order valence-electron chi connectivity index (χ4n) is 1.30. The average Bonchev–Trinajstić information content (AvgIpc) is 2.66. The van der Waals surface area contributed by atoms with Crippen LogP contribution in [0.15, 0.2) is 26.2 Å². The molecule has 0 radical (unpaired) electrons. The van der Waals surface area contributed by atoms with Crippen molar-refractivity contribution in [2.24, 2.45) is 0 Å². The van der Waals surface area contributed by atoms with Crippen LogP contribution in [-0.2, 0) is 10.0 Å². The van der Waals surface area contributed by atoms with E-state index >= 15 is 0 Å². The van der Waals surface area contributed by atoms with Gasteiger partial charge in [0.1, 0.15) is 10.0 Å². The molecule has 0 unspecified atom stereocenters. The van der Waals surface area contributed by atoms with Crippen LogP contribution in [0.3, 0.4) is 0 Å². The van der Waals surface area contributed by atoms with Crippen molar-refractivity contribution in [1.29, 1.82) is 0 Å². The van der Waals surface area contributed by atoms with Gasteiger partial charge in [-0.3, -0.25) is 4.72 Å². The largest absolute Gasteiger partial charge is 0.504 e. The number of anilines is 1. The van der Waals surface area contributed by atoms with Crippen LogP contribution in [0.5, 0.6) is 5.75 Å². The summed E-state index contributed by atoms with van der Waals surface area (Å²) in [4.78, 5) is 0. The number of hydrogen-bond donors (Lipinski definition) is 2. The maximum atomic E-state index is 13.2. The van der Waals surface area contributed by atoms with Crippen LogP contribution in [0.25, 0.3) is 0 Å². The second kappa shape index (κ2) is 5.69. The minimum absolute atomic E-state index is 0.0887. The molecule has 1 heterocycles. The molecule has 0 aliphatic heterocycles. The predicted molar refractivity (Wildman–Crippen MR) is 80.9 cm³/mol. The van der Waals surface area contributed by atoms with Crippen LogP contribution in [0.2, 0.25) is 10.0 Å². The van der Waals surface area contributed by atoms with Gasteiger partial charge in [-0.15, -0.1) is 11.3 Å². The van der Waals surface area contributed by atoms with Crippen molar-refractivity contribution in [3.63, 3.8) is 0 Å². The van der Waals surface area contributed by atoms with Gasteiger partial charge >= 0.3 is 0 Å². The van der Waals surface area contributed by atoms with Gasteiger partial charge in [0, 0.05) is 6.07 Å². The highest BCUT2D eigenvalue weighted by atomic mass is 79.9. The number of hydrogen-bond acceptors (Lipinski definition) is 4. The number of sulfonamides is 1. The summed E-state index contributed by atoms with van der Waals surface area (Å²) >= 11 is 15.3. The van der Waals surface area contributed by atoms with Crippen molar-refractivity contribution in [2.75, 3.05) is 4.72 Å². The van der Waals surface area contributed by atoms with E-state index in [-0.39, 0.29) is 19.9 Å². The highest BCUT2D eigenvalue weighted by Crippen LogP contribution is 2.38. The minimum Gasteiger partial charge on any atom is -0.504 e. The highest BCUT2D eigenvalue weighted by molar-refractivity contribution is 9.11. The van der Waals surface area contributed by atoms with E-state index in [0.717, 1.165) is 23.5 Å². The maximum absolute atomic E-state index is 13.2. The lowest BCUT2D eigenvalue weighted by atomic mass is 10.3. The quantitative estimate of drug-likeness (QED) is 0.720. The number of aromatic hydroxyl groups is 1. The minimum atomic E-state index is -4.00. The molecule has 0 aliphatic rings. The van der Waals surface area contributed by atoms with Crippen LogP contribution in [0.1, 0.15) is 0 Å². The molecule has 2 aromatic rings. The molecule has 1 aromatic heterocycles. The lowest BCUT2D eigenvalue weighted by molar-refractivity contribution is 0.476. The van der Waals surface area contributed by atoms with Gasteiger partial charge in [0.2, 0.25) is 0 Å². The smallest absolute Gasteiger partial charge is 0.271 e. The van der Waals surface area contributed by atoms with Crippen LogP contribution >= 0.6 is 50.5 Å². The fourth-order valence-corrected chi connectivity index (χ4v) is 4.96. The molecule has 0 atom stereocenters. The standard InChI is InChI=1S/C10H5BrCl2FNO3S2/c11-10-6(13)3-8(19-10)20(17,18)15-7-2-4(14)1-5(12)9(7)16/h1-3,15-16H. The first-order valence-corrected chi connectivity index (χ1v) is 8.71. The van der Waals surface area contributed by atoms with Crippen molar-refractivity contribution in [3.05, 3.63) is 37.8 Å². The van der Waals surface area contributed by atoms with Gasteiger partial charge in [-0.25, -0.2) is 12.8 Å². The van der Waals surface area contributed by atoms with E-state index in [4.69, 9.17) is 23.2 Å². The monoisotopic (exact) mass is 419 g/mol. The number of phenols is 1. The normalized spacial score (nSPS) is 11.6. The predicted octanol–water partition coefficient (Wildman–Crippen LogP) is 4.46. The van der Waals surface area contributed by atoms with Gasteiger partial charge in [-0.2, -0.15) is 0 Å². The lowest BCUT2D eigenvalue weighted by Gasteiger charge is -2.09. The summed E-state index contributed by atoms with van der Waals surface area (Å²) in [7, 11) is -4.00. The Morgan fingerprint density at radius 3 is 2.45 bits per heavy atom. The molecule has 2 N–H and O–H groups in total. The Labute approximate surface area is 136 Å². The lowest BCUT2D eigenvalue weighted by Crippen LogP contribution is -2.11. The topological polar surface area (TPSA) is 66.4 Å². The Morgan fingerprint density at radius 2 is 1.90 bits per heavy atom. The van der Waals surface area contributed by atoms with E-state index in [0.29, 0.717) is 3.79 Å². The average molecular weight is 421 g/mol. The summed E-state index contributed by atoms with van der Waals surface area (Å²) in [5.41, 5.74) is -0.351. The molecule has 0 aliphatic carbocycles. The zero-order chi connectivity index (χ0) is 15.1. The zero-order valence-electron chi connectivity index (χ0n) is 9.32. The second-order valence-corrected chi connectivity index (χ2v) is 8.67. The van der Waals surface area contributed by atoms with Crippen molar-refractivity contribution >= 4 is 66.2 Å². The first kappa shape index (κ1) is 15.8. The van der Waals surface area contributed by atoms with E-state index in [1.807, 2.05) is 0 Å². The molecular weight excluding hydrogens is 416 g/mol. The van der Waals surface area contributed by atoms with Gasteiger partial charge in [-0.1, -0.05) is 23.2 Å². The number of halogens is 4. The third-order valence-electron chi connectivity index (χ3n) is 2.16. The molecule has 0 saturated carbocycles. The van der Waals surface area contributed by atoms with Gasteiger partial charge in [-0.05, 0) is 28.1 Å². The summed E-state index contributed by atoms with van der Waals surface area (Å²) in [6, 6.07) is 2.92. The zero-order valence-corrected chi connectivity index (χ0v) is 14.1. The van der Waals surface area contributed by atoms with E-state index in [1.165, 1.54) is 6.07 Å². The third-order valence-corrected chi connectivity index (χ3v) is 6.76. The van der Waals surface area contributed by atoms with E-state index in [2.05, 4.69) is 20.7 Å². The molecule has 108 valence electrons. The number of benzene rings is 1. The number of rotatable bonds is 3. The number of nitrogens with one attached hydrogen (secondary N) is 1. The molecule has 0 bridgehead atoms. The van der Waals surface area contributed by atoms with Gasteiger partial charge in [0.05, 0.1) is 19.5 Å². The molecular formula is C10H5BrCl2FNO3S2. The maximum Gasteiger partial charge on any atom is 0.271 e. The van der Waals surface area contributed by atoms with E-state index in [1.54, 1.807) is 0 Å². The molecule has 0 spiro atoms. The Hall–Kier alpha value is -0.540. The number of phenolic OH excluding ortho intramolecular Hbond substituents is 1. The van der Waals surface area contributed by atoms with Crippen LogP contribution in [0.4, 0.5) is 10.1 Å². The second-order valence-electron chi connectivity index (χ2n) is 3.58.